The number of aliphatic hydroxyl groups excluding tert-OH is 1. The van der Waals surface area contributed by atoms with Gasteiger partial charge in [-0.1, -0.05) is 0 Å². The van der Waals surface area contributed by atoms with Crippen LogP contribution in [-0.2, 0) is 11.8 Å². The van der Waals surface area contributed by atoms with Crippen molar-refractivity contribution in [3.63, 3.8) is 0 Å². The van der Waals surface area contributed by atoms with Gasteiger partial charge in [-0.2, -0.15) is 0 Å². The molecule has 0 spiro atoms. The van der Waals surface area contributed by atoms with Crippen molar-refractivity contribution in [3.05, 3.63) is 63.4 Å². The molecule has 0 saturated carbocycles. The Kier molecular flexibility index (Phi) is 6.99. The van der Waals surface area contributed by atoms with Crippen LogP contribution < -0.4 is 21.5 Å². The lowest BCUT2D eigenvalue weighted by Crippen LogP contribution is -2.35. The van der Waals surface area contributed by atoms with Crippen LogP contribution in [0, 0.1) is 26.6 Å². The number of carbonyl (C=O) groups excluding carboxylic acids is 3. The van der Waals surface area contributed by atoms with Gasteiger partial charge in [-0.25, -0.2) is 9.82 Å². The molecule has 2 heterocycles. The van der Waals surface area contributed by atoms with Gasteiger partial charge in [0.2, 0.25) is 0 Å². The number of halogens is 1. The Bertz CT molecular complexity index is 1170. The summed E-state index contributed by atoms with van der Waals surface area (Å²) >= 11 is 0. The predicted octanol–water partition coefficient (Wildman–Crippen LogP) is 1.73. The van der Waals surface area contributed by atoms with E-state index in [0.29, 0.717) is 34.5 Å². The van der Waals surface area contributed by atoms with E-state index in [1.54, 1.807) is 34.7 Å². The molecular formula is C23H28FN5O4. The third-order valence-electron chi connectivity index (χ3n) is 5.88. The number of aliphatic hydroxyl groups is 1. The van der Waals surface area contributed by atoms with Gasteiger partial charge in [0.25, 0.3) is 17.6 Å². The van der Waals surface area contributed by atoms with Gasteiger partial charge in [0.05, 0.1) is 11.3 Å². The van der Waals surface area contributed by atoms with Crippen molar-refractivity contribution < 1.29 is 23.9 Å². The van der Waals surface area contributed by atoms with E-state index in [2.05, 4.69) is 21.5 Å². The maximum Gasteiger partial charge on any atom is 0.294 e. The number of aryl methyl sites for hydroxylation is 1. The Morgan fingerprint density at radius 2 is 1.88 bits per heavy atom. The van der Waals surface area contributed by atoms with Crippen molar-refractivity contribution in [2.45, 2.75) is 40.3 Å². The normalized spacial score (nSPS) is 15.4. The van der Waals surface area contributed by atoms with Gasteiger partial charge >= 0.3 is 0 Å². The van der Waals surface area contributed by atoms with Crippen LogP contribution >= 0.6 is 0 Å². The van der Waals surface area contributed by atoms with Crippen LogP contribution in [0.1, 0.15) is 51.0 Å². The number of amides is 2. The molecule has 2 amide bonds. The average molecular weight is 458 g/mol. The summed E-state index contributed by atoms with van der Waals surface area (Å²) in [6.07, 6.45) is -0.483. The Labute approximate surface area is 191 Å². The van der Waals surface area contributed by atoms with Gasteiger partial charge < -0.3 is 25.7 Å². The zero-order chi connectivity index (χ0) is 24.4. The highest BCUT2D eigenvalue weighted by Crippen LogP contribution is 2.24. The first-order valence-electron chi connectivity index (χ1n) is 10.5. The van der Waals surface area contributed by atoms with E-state index in [1.165, 1.54) is 22.8 Å². The van der Waals surface area contributed by atoms with Crippen LogP contribution in [0.4, 0.5) is 10.1 Å². The molecule has 9 nitrogen and oxygen atoms in total. The summed E-state index contributed by atoms with van der Waals surface area (Å²) < 4.78 is 15.0. The van der Waals surface area contributed by atoms with Crippen LogP contribution in [0.2, 0.25) is 0 Å². The summed E-state index contributed by atoms with van der Waals surface area (Å²) in [7, 11) is 1.61. The molecule has 0 aliphatic carbocycles. The van der Waals surface area contributed by atoms with E-state index in [9.17, 15) is 23.9 Å². The molecule has 176 valence electrons. The second kappa shape index (κ2) is 9.55. The average Bonchev–Trinajstić information content (AvgIpc) is 3.19. The minimum Gasteiger partial charge on any atom is -0.373 e. The lowest BCUT2D eigenvalue weighted by atomic mass is 10.1. The Hall–Kier alpha value is -3.50. The lowest BCUT2D eigenvalue weighted by molar-refractivity contribution is -0.117. The number of carbonyl (C=O) groups is 3. The summed E-state index contributed by atoms with van der Waals surface area (Å²) in [4.78, 5) is 38.3. The van der Waals surface area contributed by atoms with E-state index in [0.717, 1.165) is 5.70 Å². The van der Waals surface area contributed by atoms with Crippen LogP contribution in [0.5, 0.6) is 0 Å². The maximum absolute atomic E-state index is 13.5. The molecule has 10 heteroatoms. The summed E-state index contributed by atoms with van der Waals surface area (Å²) in [5.74, 6) is -2.39. The summed E-state index contributed by atoms with van der Waals surface area (Å²) in [5.41, 5.74) is 9.04. The number of hydrogen-bond donors (Lipinski definition) is 5. The Morgan fingerprint density at radius 3 is 2.48 bits per heavy atom. The highest BCUT2D eigenvalue weighted by Gasteiger charge is 2.29. The molecule has 0 saturated heterocycles. The zero-order valence-electron chi connectivity index (χ0n) is 19.2. The third-order valence-corrected chi connectivity index (χ3v) is 5.88. The molecule has 1 aliphatic rings. The molecule has 5 N–H and O–H groups in total. The number of allylic oxidation sites excluding steroid dienone is 1. The van der Waals surface area contributed by atoms with Gasteiger partial charge in [0.15, 0.2) is 0 Å². The molecule has 1 aromatic heterocycles. The highest BCUT2D eigenvalue weighted by atomic mass is 19.1. The topological polar surface area (TPSA) is 124 Å². The molecule has 1 aromatic carbocycles. The van der Waals surface area contributed by atoms with Gasteiger partial charge in [-0.3, -0.25) is 14.4 Å². The number of rotatable bonds is 7. The van der Waals surface area contributed by atoms with Gasteiger partial charge in [0.1, 0.15) is 12.0 Å². The number of ketones is 1. The first kappa shape index (κ1) is 24.1. The van der Waals surface area contributed by atoms with E-state index >= 15 is 0 Å². The minimum absolute atomic E-state index is 0.116. The fraction of sp³-hybridized carbons (Fsp3) is 0.348. The summed E-state index contributed by atoms with van der Waals surface area (Å²) in [6, 6.07) is 4.24. The van der Waals surface area contributed by atoms with Crippen LogP contribution in [0.25, 0.3) is 0 Å². The van der Waals surface area contributed by atoms with Crippen LogP contribution in [-0.4, -0.2) is 40.0 Å². The second-order valence-corrected chi connectivity index (χ2v) is 8.07. The van der Waals surface area contributed by atoms with Crippen LogP contribution in [0.15, 0.2) is 29.5 Å². The molecule has 3 rings (SSSR count). The predicted molar refractivity (Wildman–Crippen MR) is 121 cm³/mol. The molecule has 2 aromatic rings. The molecule has 0 fully saturated rings. The molecule has 0 radical (unpaired) electrons. The molecule has 1 aliphatic heterocycles. The number of anilines is 1. The fourth-order valence-electron chi connectivity index (χ4n) is 3.92. The molecular weight excluding hydrogens is 429 g/mol. The third kappa shape index (κ3) is 4.81. The van der Waals surface area contributed by atoms with E-state index < -0.39 is 23.8 Å². The smallest absolute Gasteiger partial charge is 0.294 e. The Morgan fingerprint density at radius 1 is 1.18 bits per heavy atom. The molecule has 1 atom stereocenters. The quantitative estimate of drug-likeness (QED) is 0.319. The molecule has 0 bridgehead atoms. The number of hydrazine groups is 1. The van der Waals surface area contributed by atoms with Gasteiger partial charge in [0, 0.05) is 30.7 Å². The first-order chi connectivity index (χ1) is 15.5. The fourth-order valence-corrected chi connectivity index (χ4v) is 3.92. The maximum atomic E-state index is 13.5. The number of hydrogen-bond acceptors (Lipinski definition) is 6. The SMILES string of the molecule is CC1=C(CCNC(=O)C(=O)c2c(C)c(C(=O)Nc3ccc(F)c(C)c3)c(C)n2C)C(O)NN1. The second-order valence-electron chi connectivity index (χ2n) is 8.07. The largest absolute Gasteiger partial charge is 0.373 e. The number of Topliss-reactive ketones (excluding diaryl/α,β-unsaturated/α-hetero) is 1. The zero-order valence-corrected chi connectivity index (χ0v) is 19.2. The first-order valence-corrected chi connectivity index (χ1v) is 10.5. The summed E-state index contributed by atoms with van der Waals surface area (Å²) in [6.45, 7) is 6.85. The van der Waals surface area contributed by atoms with Crippen molar-refractivity contribution in [1.29, 1.82) is 0 Å². The monoisotopic (exact) mass is 457 g/mol. The number of nitrogens with one attached hydrogen (secondary N) is 4. The van der Waals surface area contributed by atoms with Gasteiger partial charge in [-0.05, 0) is 69.0 Å². The van der Waals surface area contributed by atoms with E-state index in [1.807, 2.05) is 0 Å². The molecule has 1 unspecified atom stereocenters. The molecule has 33 heavy (non-hydrogen) atoms. The van der Waals surface area contributed by atoms with Crippen molar-refractivity contribution in [2.75, 3.05) is 11.9 Å². The van der Waals surface area contributed by atoms with Crippen molar-refractivity contribution in [1.82, 2.24) is 20.7 Å². The lowest BCUT2D eigenvalue weighted by Gasteiger charge is -2.09. The van der Waals surface area contributed by atoms with Crippen molar-refractivity contribution in [3.8, 4) is 0 Å². The van der Waals surface area contributed by atoms with E-state index in [-0.39, 0.29) is 23.6 Å². The standard InChI is InChI=1S/C23H28FN5O4/c1-11-10-15(6-7-17(11)24)26-22(32)18-12(2)19(29(5)14(18)4)20(30)23(33)25-9-8-16-13(3)27-28-21(16)31/h6-7,10,21,27-28,31H,8-9H2,1-5H3,(H,25,33)(H,26,32). The van der Waals surface area contributed by atoms with Gasteiger partial charge in [-0.15, -0.1) is 0 Å². The minimum atomic E-state index is -0.846. The number of aromatic nitrogens is 1. The Balaban J connectivity index is 1.74. The summed E-state index contributed by atoms with van der Waals surface area (Å²) in [5, 5.41) is 15.1. The number of benzene rings is 1. The highest BCUT2D eigenvalue weighted by molar-refractivity contribution is 6.43. The van der Waals surface area contributed by atoms with Crippen molar-refractivity contribution in [2.24, 2.45) is 7.05 Å². The van der Waals surface area contributed by atoms with Crippen LogP contribution in [0.3, 0.4) is 0 Å². The van der Waals surface area contributed by atoms with Crippen molar-refractivity contribution >= 4 is 23.3 Å². The number of nitrogens with zero attached hydrogens (tertiary/aromatic N) is 1. The van der Waals surface area contributed by atoms with E-state index in [4.69, 9.17) is 0 Å².